The maximum absolute atomic E-state index is 12.5. The number of hydrogen-bond donors (Lipinski definition) is 0. The van der Waals surface area contributed by atoms with Crippen LogP contribution in [0.1, 0.15) is 12.0 Å². The molecule has 0 aliphatic carbocycles. The van der Waals surface area contributed by atoms with Gasteiger partial charge in [-0.2, -0.15) is 0 Å². The van der Waals surface area contributed by atoms with Crippen LogP contribution in [-0.4, -0.2) is 40.0 Å². The number of benzene rings is 1. The second-order valence-electron chi connectivity index (χ2n) is 6.24. The molecular formula is C20H19N3O2. The van der Waals surface area contributed by atoms with Gasteiger partial charge in [0.15, 0.2) is 0 Å². The van der Waals surface area contributed by atoms with Crippen molar-refractivity contribution in [2.45, 2.75) is 18.9 Å². The third-order valence-corrected chi connectivity index (χ3v) is 4.47. The molecule has 5 heteroatoms. The van der Waals surface area contributed by atoms with Gasteiger partial charge in [-0.05, 0) is 23.8 Å². The van der Waals surface area contributed by atoms with E-state index in [1.54, 1.807) is 18.6 Å². The molecule has 1 atom stereocenters. The minimum Gasteiger partial charge on any atom is -0.486 e. The molecule has 1 amide bonds. The smallest absolute Gasteiger partial charge is 0.227 e. The highest BCUT2D eigenvalue weighted by Gasteiger charge is 2.28. The van der Waals surface area contributed by atoms with Crippen LogP contribution in [0.4, 0.5) is 0 Å². The van der Waals surface area contributed by atoms with Gasteiger partial charge in [0.2, 0.25) is 5.91 Å². The number of rotatable bonds is 4. The predicted octanol–water partition coefficient (Wildman–Crippen LogP) is 2.85. The Kier molecular flexibility index (Phi) is 4.29. The number of ether oxygens (including phenoxy) is 1. The number of fused-ring (bicyclic) bond motifs is 1. The van der Waals surface area contributed by atoms with Crippen LogP contribution in [0, 0.1) is 0 Å². The third-order valence-electron chi connectivity index (χ3n) is 4.47. The summed E-state index contributed by atoms with van der Waals surface area (Å²) in [6, 6.07) is 13.7. The lowest BCUT2D eigenvalue weighted by atomic mass is 10.2. The van der Waals surface area contributed by atoms with Crippen molar-refractivity contribution >= 4 is 16.8 Å². The molecule has 4 rings (SSSR count). The molecule has 1 saturated heterocycles. The Labute approximate surface area is 146 Å². The van der Waals surface area contributed by atoms with Gasteiger partial charge in [-0.15, -0.1) is 0 Å². The molecule has 0 unspecified atom stereocenters. The fraction of sp³-hybridized carbons (Fsp3) is 0.250. The zero-order chi connectivity index (χ0) is 17.1. The van der Waals surface area contributed by atoms with E-state index < -0.39 is 0 Å². The Morgan fingerprint density at radius 2 is 2.04 bits per heavy atom. The van der Waals surface area contributed by atoms with E-state index >= 15 is 0 Å². The Balaban J connectivity index is 1.41. The average molecular weight is 333 g/mol. The van der Waals surface area contributed by atoms with Crippen LogP contribution >= 0.6 is 0 Å². The van der Waals surface area contributed by atoms with Crippen LogP contribution in [0.3, 0.4) is 0 Å². The summed E-state index contributed by atoms with van der Waals surface area (Å²) >= 11 is 0. The minimum atomic E-state index is 0.00505. The zero-order valence-corrected chi connectivity index (χ0v) is 13.8. The summed E-state index contributed by atoms with van der Waals surface area (Å²) in [4.78, 5) is 22.8. The van der Waals surface area contributed by atoms with Crippen LogP contribution < -0.4 is 4.74 Å². The molecule has 3 aromatic rings. The van der Waals surface area contributed by atoms with Gasteiger partial charge in [-0.25, -0.2) is 0 Å². The molecular weight excluding hydrogens is 314 g/mol. The molecule has 1 aliphatic rings. The van der Waals surface area contributed by atoms with Gasteiger partial charge in [-0.3, -0.25) is 14.8 Å². The van der Waals surface area contributed by atoms with Gasteiger partial charge in [0, 0.05) is 36.9 Å². The van der Waals surface area contributed by atoms with Crippen LogP contribution in [0.15, 0.2) is 61.1 Å². The molecule has 1 fully saturated rings. The van der Waals surface area contributed by atoms with Crippen LogP contribution in [-0.2, 0) is 11.2 Å². The van der Waals surface area contributed by atoms with Crippen LogP contribution in [0.2, 0.25) is 0 Å². The average Bonchev–Trinajstić information content (AvgIpc) is 3.12. The highest BCUT2D eigenvalue weighted by molar-refractivity contribution is 5.84. The van der Waals surface area contributed by atoms with E-state index in [4.69, 9.17) is 4.74 Å². The van der Waals surface area contributed by atoms with Gasteiger partial charge in [0.05, 0.1) is 13.0 Å². The number of para-hydroxylation sites is 1. The van der Waals surface area contributed by atoms with Crippen molar-refractivity contribution in [1.82, 2.24) is 14.9 Å². The van der Waals surface area contributed by atoms with E-state index in [1.807, 2.05) is 47.4 Å². The molecule has 5 nitrogen and oxygen atoms in total. The molecule has 2 aromatic heterocycles. The van der Waals surface area contributed by atoms with Crippen LogP contribution in [0.25, 0.3) is 10.9 Å². The van der Waals surface area contributed by atoms with Gasteiger partial charge in [0.1, 0.15) is 17.4 Å². The number of carbonyl (C=O) groups is 1. The number of likely N-dealkylation sites (tertiary alicyclic amines) is 1. The first-order chi connectivity index (χ1) is 12.3. The maximum Gasteiger partial charge on any atom is 0.227 e. The fourth-order valence-corrected chi connectivity index (χ4v) is 3.19. The second-order valence-corrected chi connectivity index (χ2v) is 6.24. The third kappa shape index (κ3) is 3.45. The predicted molar refractivity (Wildman–Crippen MR) is 95.3 cm³/mol. The lowest BCUT2D eigenvalue weighted by Gasteiger charge is -2.18. The highest BCUT2D eigenvalue weighted by Crippen LogP contribution is 2.26. The largest absolute Gasteiger partial charge is 0.486 e. The van der Waals surface area contributed by atoms with E-state index in [0.717, 1.165) is 35.2 Å². The van der Waals surface area contributed by atoms with Crippen molar-refractivity contribution in [2.24, 2.45) is 0 Å². The summed E-state index contributed by atoms with van der Waals surface area (Å²) in [6.07, 6.45) is 6.45. The van der Waals surface area contributed by atoms with Gasteiger partial charge < -0.3 is 9.64 Å². The molecule has 0 radical (unpaired) electrons. The van der Waals surface area contributed by atoms with E-state index in [-0.39, 0.29) is 12.0 Å². The van der Waals surface area contributed by atoms with Crippen LogP contribution in [0.5, 0.6) is 5.75 Å². The molecule has 3 heterocycles. The Morgan fingerprint density at radius 3 is 2.92 bits per heavy atom. The van der Waals surface area contributed by atoms with E-state index in [0.29, 0.717) is 13.0 Å². The molecule has 25 heavy (non-hydrogen) atoms. The Morgan fingerprint density at radius 1 is 1.16 bits per heavy atom. The molecule has 0 N–H and O–H groups in total. The molecule has 0 saturated carbocycles. The number of aromatic nitrogens is 2. The van der Waals surface area contributed by atoms with Gasteiger partial charge >= 0.3 is 0 Å². The van der Waals surface area contributed by atoms with Crippen molar-refractivity contribution < 1.29 is 9.53 Å². The number of hydrogen-bond acceptors (Lipinski definition) is 4. The first kappa shape index (κ1) is 15.6. The summed E-state index contributed by atoms with van der Waals surface area (Å²) in [7, 11) is 0. The quantitative estimate of drug-likeness (QED) is 0.737. The number of pyridine rings is 2. The first-order valence-electron chi connectivity index (χ1n) is 8.47. The minimum absolute atomic E-state index is 0.00505. The van der Waals surface area contributed by atoms with E-state index in [9.17, 15) is 4.79 Å². The van der Waals surface area contributed by atoms with E-state index in [2.05, 4.69) is 9.97 Å². The highest BCUT2D eigenvalue weighted by atomic mass is 16.5. The molecule has 1 aliphatic heterocycles. The number of carbonyl (C=O) groups excluding carboxylic acids is 1. The Hall–Kier alpha value is -2.95. The van der Waals surface area contributed by atoms with Crippen molar-refractivity contribution in [2.75, 3.05) is 13.1 Å². The molecule has 0 bridgehead atoms. The summed E-state index contributed by atoms with van der Waals surface area (Å²) in [6.45, 7) is 1.34. The normalized spacial score (nSPS) is 17.0. The second kappa shape index (κ2) is 6.89. The van der Waals surface area contributed by atoms with Gasteiger partial charge in [0.25, 0.3) is 0 Å². The topological polar surface area (TPSA) is 55.3 Å². The molecule has 126 valence electrons. The first-order valence-corrected chi connectivity index (χ1v) is 8.47. The summed E-state index contributed by atoms with van der Waals surface area (Å²) in [5.74, 6) is 0.903. The van der Waals surface area contributed by atoms with Gasteiger partial charge in [-0.1, -0.05) is 24.3 Å². The lowest BCUT2D eigenvalue weighted by Crippen LogP contribution is -2.32. The summed E-state index contributed by atoms with van der Waals surface area (Å²) in [5, 5.41) is 1.06. The zero-order valence-electron chi connectivity index (χ0n) is 13.8. The van der Waals surface area contributed by atoms with Crippen molar-refractivity contribution in [1.29, 1.82) is 0 Å². The molecule has 0 spiro atoms. The summed E-state index contributed by atoms with van der Waals surface area (Å²) in [5.41, 5.74) is 1.81. The maximum atomic E-state index is 12.5. The fourth-order valence-electron chi connectivity index (χ4n) is 3.19. The molecule has 1 aromatic carbocycles. The lowest BCUT2D eigenvalue weighted by molar-refractivity contribution is -0.129. The van der Waals surface area contributed by atoms with Crippen molar-refractivity contribution in [3.05, 3.63) is 66.6 Å². The van der Waals surface area contributed by atoms with Crippen molar-refractivity contribution in [3.8, 4) is 5.75 Å². The standard InChI is InChI=1S/C20H19N3O2/c24-19(12-15-4-2-9-21-13-15)23-11-8-17(14-23)25-18-7-1-5-16-6-3-10-22-20(16)18/h1-7,9-10,13,17H,8,11-12,14H2/t17-/m0/s1. The van der Waals surface area contributed by atoms with E-state index in [1.165, 1.54) is 0 Å². The Bertz CT molecular complexity index is 877. The van der Waals surface area contributed by atoms with Crippen molar-refractivity contribution in [3.63, 3.8) is 0 Å². The monoisotopic (exact) mass is 333 g/mol. The SMILES string of the molecule is O=C(Cc1cccnc1)N1CC[C@H](Oc2cccc3cccnc23)C1. The number of nitrogens with zero attached hydrogens (tertiary/aromatic N) is 3. The summed E-state index contributed by atoms with van der Waals surface area (Å²) < 4.78 is 6.15. The number of amides is 1.